The summed E-state index contributed by atoms with van der Waals surface area (Å²) < 4.78 is 18.9. The van der Waals surface area contributed by atoms with Crippen LogP contribution in [0.15, 0.2) is 18.2 Å². The number of rotatable bonds is 8. The topological polar surface area (TPSA) is 21.3 Å². The highest BCUT2D eigenvalue weighted by atomic mass is 19.1. The first-order valence-corrected chi connectivity index (χ1v) is 6.79. The second kappa shape index (κ2) is 8.09. The van der Waals surface area contributed by atoms with Crippen LogP contribution < -0.4 is 10.1 Å². The maximum absolute atomic E-state index is 13.1. The molecule has 1 aromatic rings. The third-order valence-electron chi connectivity index (χ3n) is 2.91. The van der Waals surface area contributed by atoms with Gasteiger partial charge in [0, 0.05) is 12.1 Å². The molecule has 0 aliphatic rings. The minimum atomic E-state index is -0.246. The van der Waals surface area contributed by atoms with Crippen LogP contribution in [0.5, 0.6) is 5.75 Å². The Hall–Kier alpha value is -1.09. The van der Waals surface area contributed by atoms with Gasteiger partial charge in [-0.1, -0.05) is 26.3 Å². The Labute approximate surface area is 110 Å². The molecule has 0 aliphatic carbocycles. The first-order valence-electron chi connectivity index (χ1n) is 6.79. The number of ether oxygens (including phenoxy) is 1. The maximum Gasteiger partial charge on any atom is 0.126 e. The summed E-state index contributed by atoms with van der Waals surface area (Å²) in [5.74, 6) is 0.401. The molecule has 0 saturated carbocycles. The molecule has 102 valence electrons. The van der Waals surface area contributed by atoms with Gasteiger partial charge in [0.25, 0.3) is 0 Å². The Balaban J connectivity index is 2.52. The predicted octanol–water partition coefficient (Wildman–Crippen LogP) is 3.68. The van der Waals surface area contributed by atoms with E-state index in [0.29, 0.717) is 18.4 Å². The normalized spacial score (nSPS) is 12.4. The van der Waals surface area contributed by atoms with E-state index < -0.39 is 0 Å². The van der Waals surface area contributed by atoms with E-state index in [1.54, 1.807) is 6.07 Å². The molecule has 1 rings (SSSR count). The van der Waals surface area contributed by atoms with E-state index in [1.807, 2.05) is 6.92 Å². The van der Waals surface area contributed by atoms with E-state index >= 15 is 0 Å². The molecule has 0 saturated heterocycles. The van der Waals surface area contributed by atoms with Crippen molar-refractivity contribution in [2.24, 2.45) is 0 Å². The lowest BCUT2D eigenvalue weighted by atomic mass is 10.1. The van der Waals surface area contributed by atoms with Crippen LogP contribution in [0.25, 0.3) is 0 Å². The number of benzene rings is 1. The average molecular weight is 253 g/mol. The lowest BCUT2D eigenvalue weighted by Gasteiger charge is -2.19. The summed E-state index contributed by atoms with van der Waals surface area (Å²) in [5, 5.41) is 3.46. The Kier molecular flexibility index (Phi) is 6.73. The van der Waals surface area contributed by atoms with Gasteiger partial charge in [-0.05, 0) is 37.9 Å². The monoisotopic (exact) mass is 253 g/mol. The molecule has 0 aliphatic heterocycles. The van der Waals surface area contributed by atoms with Crippen LogP contribution in [0.4, 0.5) is 4.39 Å². The fraction of sp³-hybridized carbons (Fsp3) is 0.600. The van der Waals surface area contributed by atoms with E-state index in [0.717, 1.165) is 31.4 Å². The quantitative estimate of drug-likeness (QED) is 0.763. The molecule has 0 fully saturated rings. The number of halogens is 1. The summed E-state index contributed by atoms with van der Waals surface area (Å²) in [6, 6.07) is 5.01. The van der Waals surface area contributed by atoms with Crippen molar-refractivity contribution >= 4 is 0 Å². The van der Waals surface area contributed by atoms with Gasteiger partial charge in [0.05, 0.1) is 0 Å². The minimum Gasteiger partial charge on any atom is -0.492 e. The molecule has 1 atom stereocenters. The fourth-order valence-electron chi connectivity index (χ4n) is 1.86. The lowest BCUT2D eigenvalue weighted by Crippen LogP contribution is -2.35. The van der Waals surface area contributed by atoms with Crippen molar-refractivity contribution < 1.29 is 9.13 Å². The van der Waals surface area contributed by atoms with Crippen molar-refractivity contribution in [3.63, 3.8) is 0 Å². The molecule has 1 N–H and O–H groups in total. The zero-order valence-corrected chi connectivity index (χ0v) is 11.6. The third kappa shape index (κ3) is 5.05. The van der Waals surface area contributed by atoms with Crippen LogP contribution in [-0.4, -0.2) is 19.2 Å². The van der Waals surface area contributed by atoms with Gasteiger partial charge < -0.3 is 10.1 Å². The highest BCUT2D eigenvalue weighted by Gasteiger charge is 2.09. The summed E-state index contributed by atoms with van der Waals surface area (Å²) in [4.78, 5) is 0. The zero-order valence-electron chi connectivity index (χ0n) is 11.6. The first kappa shape index (κ1) is 15.0. The van der Waals surface area contributed by atoms with Crippen LogP contribution in [-0.2, 0) is 0 Å². The van der Waals surface area contributed by atoms with Crippen molar-refractivity contribution in [1.82, 2.24) is 5.32 Å². The second-order valence-corrected chi connectivity index (χ2v) is 4.66. The number of nitrogens with one attached hydrogen (secondary N) is 1. The van der Waals surface area contributed by atoms with E-state index in [4.69, 9.17) is 4.74 Å². The smallest absolute Gasteiger partial charge is 0.126 e. The van der Waals surface area contributed by atoms with Crippen molar-refractivity contribution in [3.8, 4) is 5.75 Å². The molecule has 1 aromatic carbocycles. The molecule has 18 heavy (non-hydrogen) atoms. The van der Waals surface area contributed by atoms with Crippen LogP contribution in [0.2, 0.25) is 0 Å². The summed E-state index contributed by atoms with van der Waals surface area (Å²) in [7, 11) is 0. The highest BCUT2D eigenvalue weighted by Crippen LogP contribution is 2.19. The van der Waals surface area contributed by atoms with Gasteiger partial charge in [0.2, 0.25) is 0 Å². The molecule has 0 spiro atoms. The van der Waals surface area contributed by atoms with E-state index in [-0.39, 0.29) is 5.82 Å². The van der Waals surface area contributed by atoms with Gasteiger partial charge in [-0.25, -0.2) is 4.39 Å². The molecule has 0 aromatic heterocycles. The standard InChI is InChI=1S/C15H24FNO/c1-4-6-14(17-9-5-2)11-18-15-10-13(16)8-7-12(15)3/h7-8,10,14,17H,4-6,9,11H2,1-3H3. The summed E-state index contributed by atoms with van der Waals surface area (Å²) in [6.45, 7) is 7.83. The van der Waals surface area contributed by atoms with Crippen LogP contribution >= 0.6 is 0 Å². The van der Waals surface area contributed by atoms with Crippen molar-refractivity contribution in [2.45, 2.75) is 46.1 Å². The van der Waals surface area contributed by atoms with E-state index in [1.165, 1.54) is 12.1 Å². The van der Waals surface area contributed by atoms with Gasteiger partial charge in [-0.3, -0.25) is 0 Å². The predicted molar refractivity (Wildman–Crippen MR) is 73.6 cm³/mol. The minimum absolute atomic E-state index is 0.246. The molecule has 0 amide bonds. The molecule has 3 heteroatoms. The largest absolute Gasteiger partial charge is 0.492 e. The molecular formula is C15H24FNO. The van der Waals surface area contributed by atoms with E-state index in [9.17, 15) is 4.39 Å². The molecule has 0 heterocycles. The van der Waals surface area contributed by atoms with Crippen LogP contribution in [0.3, 0.4) is 0 Å². The van der Waals surface area contributed by atoms with Crippen LogP contribution in [0.1, 0.15) is 38.7 Å². The summed E-state index contributed by atoms with van der Waals surface area (Å²) >= 11 is 0. The maximum atomic E-state index is 13.1. The highest BCUT2D eigenvalue weighted by molar-refractivity contribution is 5.32. The Morgan fingerprint density at radius 2 is 2.06 bits per heavy atom. The van der Waals surface area contributed by atoms with Gasteiger partial charge >= 0.3 is 0 Å². The number of hydrogen-bond donors (Lipinski definition) is 1. The fourth-order valence-corrected chi connectivity index (χ4v) is 1.86. The number of aryl methyl sites for hydroxylation is 1. The Morgan fingerprint density at radius 3 is 2.72 bits per heavy atom. The molecule has 0 radical (unpaired) electrons. The van der Waals surface area contributed by atoms with Crippen molar-refractivity contribution in [1.29, 1.82) is 0 Å². The third-order valence-corrected chi connectivity index (χ3v) is 2.91. The molecule has 1 unspecified atom stereocenters. The lowest BCUT2D eigenvalue weighted by molar-refractivity contribution is 0.253. The number of hydrogen-bond acceptors (Lipinski definition) is 2. The Morgan fingerprint density at radius 1 is 1.28 bits per heavy atom. The average Bonchev–Trinajstić information content (AvgIpc) is 2.36. The van der Waals surface area contributed by atoms with Gasteiger partial charge in [-0.15, -0.1) is 0 Å². The first-order chi connectivity index (χ1) is 8.67. The van der Waals surface area contributed by atoms with Crippen LogP contribution in [0, 0.1) is 12.7 Å². The van der Waals surface area contributed by atoms with Gasteiger partial charge in [0.1, 0.15) is 18.2 Å². The summed E-state index contributed by atoms with van der Waals surface area (Å²) in [5.41, 5.74) is 0.974. The molecule has 2 nitrogen and oxygen atoms in total. The Bertz CT molecular complexity index is 354. The van der Waals surface area contributed by atoms with E-state index in [2.05, 4.69) is 19.2 Å². The van der Waals surface area contributed by atoms with Crippen molar-refractivity contribution in [3.05, 3.63) is 29.6 Å². The van der Waals surface area contributed by atoms with Crippen molar-refractivity contribution in [2.75, 3.05) is 13.2 Å². The zero-order chi connectivity index (χ0) is 13.4. The van der Waals surface area contributed by atoms with Gasteiger partial charge in [-0.2, -0.15) is 0 Å². The molecular weight excluding hydrogens is 229 g/mol. The summed E-state index contributed by atoms with van der Waals surface area (Å²) in [6.07, 6.45) is 3.31. The SMILES string of the molecule is CCCNC(CCC)COc1cc(F)ccc1C. The van der Waals surface area contributed by atoms with Gasteiger partial charge in [0.15, 0.2) is 0 Å². The molecule has 0 bridgehead atoms. The second-order valence-electron chi connectivity index (χ2n) is 4.66.